The van der Waals surface area contributed by atoms with Crippen molar-refractivity contribution in [1.82, 2.24) is 0 Å². The lowest BCUT2D eigenvalue weighted by Crippen LogP contribution is -1.95. The molecule has 0 aliphatic heterocycles. The molecule has 0 aromatic heterocycles. The molecule has 0 radical (unpaired) electrons. The van der Waals surface area contributed by atoms with E-state index in [1.54, 1.807) is 6.07 Å². The number of rotatable bonds is 3. The van der Waals surface area contributed by atoms with E-state index < -0.39 is 0 Å². The highest BCUT2D eigenvalue weighted by Crippen LogP contribution is 2.23. The molecule has 2 aromatic carbocycles. The molecule has 0 heterocycles. The standard InChI is InChI=1S/C16H13NO/c1-2-16(18)13-9-7-12(8-10-13)15-6-4-3-5-14(15)11-17/h3-10H,2H2,1H3. The van der Waals surface area contributed by atoms with Crippen LogP contribution in [0.25, 0.3) is 11.1 Å². The first-order chi connectivity index (χ1) is 8.76. The predicted octanol–water partition coefficient (Wildman–Crippen LogP) is 3.82. The van der Waals surface area contributed by atoms with E-state index in [0.717, 1.165) is 16.7 Å². The zero-order chi connectivity index (χ0) is 13.0. The Morgan fingerprint density at radius 2 is 1.78 bits per heavy atom. The summed E-state index contributed by atoms with van der Waals surface area (Å²) < 4.78 is 0. The number of carbonyl (C=O) groups is 1. The van der Waals surface area contributed by atoms with Crippen LogP contribution < -0.4 is 0 Å². The Balaban J connectivity index is 2.41. The lowest BCUT2D eigenvalue weighted by Gasteiger charge is -2.05. The lowest BCUT2D eigenvalue weighted by molar-refractivity contribution is 0.0988. The van der Waals surface area contributed by atoms with E-state index in [0.29, 0.717) is 12.0 Å². The van der Waals surface area contributed by atoms with Crippen molar-refractivity contribution in [1.29, 1.82) is 5.26 Å². The molecule has 0 amide bonds. The molecule has 0 aliphatic carbocycles. The number of carbonyl (C=O) groups excluding carboxylic acids is 1. The molecule has 0 bridgehead atoms. The summed E-state index contributed by atoms with van der Waals surface area (Å²) in [4.78, 5) is 11.5. The van der Waals surface area contributed by atoms with Crippen molar-refractivity contribution in [2.45, 2.75) is 13.3 Å². The van der Waals surface area contributed by atoms with Crippen molar-refractivity contribution in [3.05, 3.63) is 59.7 Å². The number of nitriles is 1. The Morgan fingerprint density at radius 3 is 2.39 bits per heavy atom. The van der Waals surface area contributed by atoms with Crippen LogP contribution in [-0.2, 0) is 0 Å². The SMILES string of the molecule is CCC(=O)c1ccc(-c2ccccc2C#N)cc1. The van der Waals surface area contributed by atoms with Crippen molar-refractivity contribution in [2.24, 2.45) is 0 Å². The van der Waals surface area contributed by atoms with Gasteiger partial charge < -0.3 is 0 Å². The summed E-state index contributed by atoms with van der Waals surface area (Å²) in [6, 6.07) is 17.0. The maximum absolute atomic E-state index is 11.5. The van der Waals surface area contributed by atoms with Crippen molar-refractivity contribution in [3.8, 4) is 17.2 Å². The van der Waals surface area contributed by atoms with E-state index in [9.17, 15) is 4.79 Å². The minimum atomic E-state index is 0.134. The molecule has 88 valence electrons. The Labute approximate surface area is 107 Å². The maximum atomic E-state index is 11.5. The van der Waals surface area contributed by atoms with E-state index in [2.05, 4.69) is 6.07 Å². The van der Waals surface area contributed by atoms with E-state index in [4.69, 9.17) is 5.26 Å². The van der Waals surface area contributed by atoms with Crippen LogP contribution in [0.15, 0.2) is 48.5 Å². The van der Waals surface area contributed by atoms with E-state index in [1.165, 1.54) is 0 Å². The fourth-order valence-electron chi connectivity index (χ4n) is 1.87. The van der Waals surface area contributed by atoms with Crippen molar-refractivity contribution >= 4 is 5.78 Å². The first kappa shape index (κ1) is 12.1. The minimum absolute atomic E-state index is 0.134. The summed E-state index contributed by atoms with van der Waals surface area (Å²) in [6.45, 7) is 1.85. The second kappa shape index (κ2) is 5.29. The van der Waals surface area contributed by atoms with Gasteiger partial charge in [-0.1, -0.05) is 49.4 Å². The largest absolute Gasteiger partial charge is 0.294 e. The highest BCUT2D eigenvalue weighted by Gasteiger charge is 2.06. The molecular formula is C16H13NO. The van der Waals surface area contributed by atoms with Gasteiger partial charge in [-0.05, 0) is 17.2 Å². The molecule has 2 nitrogen and oxygen atoms in total. The first-order valence-corrected chi connectivity index (χ1v) is 5.89. The van der Waals surface area contributed by atoms with Gasteiger partial charge in [0, 0.05) is 12.0 Å². The molecule has 0 atom stereocenters. The fraction of sp³-hybridized carbons (Fsp3) is 0.125. The lowest BCUT2D eigenvalue weighted by atomic mass is 9.98. The van der Waals surface area contributed by atoms with Crippen molar-refractivity contribution in [3.63, 3.8) is 0 Å². The van der Waals surface area contributed by atoms with Crippen LogP contribution in [0, 0.1) is 11.3 Å². The van der Waals surface area contributed by atoms with Gasteiger partial charge in [-0.3, -0.25) is 4.79 Å². The van der Waals surface area contributed by atoms with Crippen LogP contribution in [0.1, 0.15) is 29.3 Å². The molecule has 0 fully saturated rings. The van der Waals surface area contributed by atoms with Crippen LogP contribution in [0.2, 0.25) is 0 Å². The zero-order valence-electron chi connectivity index (χ0n) is 10.2. The van der Waals surface area contributed by atoms with Crippen LogP contribution in [0.3, 0.4) is 0 Å². The maximum Gasteiger partial charge on any atom is 0.162 e. The highest BCUT2D eigenvalue weighted by molar-refractivity contribution is 5.96. The Morgan fingerprint density at radius 1 is 1.11 bits per heavy atom. The molecule has 0 unspecified atom stereocenters. The van der Waals surface area contributed by atoms with Gasteiger partial charge in [-0.15, -0.1) is 0 Å². The number of ketones is 1. The number of nitrogens with zero attached hydrogens (tertiary/aromatic N) is 1. The van der Waals surface area contributed by atoms with Crippen LogP contribution >= 0.6 is 0 Å². The second-order valence-electron chi connectivity index (χ2n) is 4.01. The molecular weight excluding hydrogens is 222 g/mol. The molecule has 0 spiro atoms. The summed E-state index contributed by atoms with van der Waals surface area (Å²) in [5.74, 6) is 0.134. The summed E-state index contributed by atoms with van der Waals surface area (Å²) >= 11 is 0. The third-order valence-corrected chi connectivity index (χ3v) is 2.89. The number of hydrogen-bond donors (Lipinski definition) is 0. The van der Waals surface area contributed by atoms with Gasteiger partial charge >= 0.3 is 0 Å². The molecule has 0 aliphatic rings. The van der Waals surface area contributed by atoms with Gasteiger partial charge in [0.25, 0.3) is 0 Å². The number of hydrogen-bond acceptors (Lipinski definition) is 2. The third kappa shape index (κ3) is 2.31. The normalized spacial score (nSPS) is 9.78. The number of benzene rings is 2. The Bertz CT molecular complexity index is 606. The van der Waals surface area contributed by atoms with Gasteiger partial charge in [0.05, 0.1) is 11.6 Å². The zero-order valence-corrected chi connectivity index (χ0v) is 10.2. The highest BCUT2D eigenvalue weighted by atomic mass is 16.1. The molecule has 2 rings (SSSR count). The molecule has 2 heteroatoms. The van der Waals surface area contributed by atoms with Crippen LogP contribution in [0.5, 0.6) is 0 Å². The quantitative estimate of drug-likeness (QED) is 0.759. The molecule has 0 N–H and O–H groups in total. The van der Waals surface area contributed by atoms with E-state index >= 15 is 0 Å². The molecule has 2 aromatic rings. The first-order valence-electron chi connectivity index (χ1n) is 5.89. The monoisotopic (exact) mass is 235 g/mol. The smallest absolute Gasteiger partial charge is 0.162 e. The molecule has 18 heavy (non-hydrogen) atoms. The Hall–Kier alpha value is -2.40. The second-order valence-corrected chi connectivity index (χ2v) is 4.01. The predicted molar refractivity (Wildman–Crippen MR) is 71.2 cm³/mol. The Kier molecular flexibility index (Phi) is 3.54. The van der Waals surface area contributed by atoms with Gasteiger partial charge in [-0.2, -0.15) is 5.26 Å². The van der Waals surface area contributed by atoms with Gasteiger partial charge in [0.15, 0.2) is 5.78 Å². The summed E-state index contributed by atoms with van der Waals surface area (Å²) in [7, 11) is 0. The van der Waals surface area contributed by atoms with Crippen LogP contribution in [0.4, 0.5) is 0 Å². The van der Waals surface area contributed by atoms with Crippen molar-refractivity contribution < 1.29 is 4.79 Å². The molecule has 0 saturated carbocycles. The van der Waals surface area contributed by atoms with E-state index in [-0.39, 0.29) is 5.78 Å². The fourth-order valence-corrected chi connectivity index (χ4v) is 1.87. The average molecular weight is 235 g/mol. The summed E-state index contributed by atoms with van der Waals surface area (Å²) in [6.07, 6.45) is 0.508. The van der Waals surface area contributed by atoms with Crippen molar-refractivity contribution in [2.75, 3.05) is 0 Å². The minimum Gasteiger partial charge on any atom is -0.294 e. The van der Waals surface area contributed by atoms with E-state index in [1.807, 2.05) is 49.4 Å². The molecule has 0 saturated heterocycles. The van der Waals surface area contributed by atoms with Gasteiger partial charge in [0.2, 0.25) is 0 Å². The summed E-state index contributed by atoms with van der Waals surface area (Å²) in [5, 5.41) is 9.06. The topological polar surface area (TPSA) is 40.9 Å². The van der Waals surface area contributed by atoms with Gasteiger partial charge in [-0.25, -0.2) is 0 Å². The average Bonchev–Trinajstić information content (AvgIpc) is 2.46. The third-order valence-electron chi connectivity index (χ3n) is 2.89. The number of Topliss-reactive ketones (excluding diaryl/α,β-unsaturated/α-hetero) is 1. The van der Waals surface area contributed by atoms with Crippen LogP contribution in [-0.4, -0.2) is 5.78 Å². The van der Waals surface area contributed by atoms with Gasteiger partial charge in [0.1, 0.15) is 0 Å². The summed E-state index contributed by atoms with van der Waals surface area (Å²) in [5.41, 5.74) is 3.22.